The topological polar surface area (TPSA) is 238 Å². The van der Waals surface area contributed by atoms with Crippen molar-refractivity contribution in [3.63, 3.8) is 0 Å². The van der Waals surface area contributed by atoms with E-state index in [1.165, 1.54) is 12.2 Å². The molecule has 6 amide bonds. The van der Waals surface area contributed by atoms with Crippen molar-refractivity contribution < 1.29 is 76.1 Å². The Morgan fingerprint density at radius 3 is 1.29 bits per heavy atom. The number of unbranched alkanes of at least 4 members (excludes halogenated alkanes) is 1. The summed E-state index contributed by atoms with van der Waals surface area (Å²) in [4.78, 5) is 59.3. The lowest BCUT2D eigenvalue weighted by atomic mass is 10.0. The minimum Gasteiger partial charge on any atom is -0.377 e. The summed E-state index contributed by atoms with van der Waals surface area (Å²) >= 11 is 1.90. The molecule has 2 fully saturated rings. The summed E-state index contributed by atoms with van der Waals surface area (Å²) in [7, 11) is 0. The van der Waals surface area contributed by atoms with Gasteiger partial charge in [-0.3, -0.25) is 24.1 Å². The SMILES string of the molecule is O=C(CCCC[C@@H]1SC[C@H]2NC(=O)N[C@H]12)NCCOCCOCCOCCOCCOCCOCCOCCOCCOCCOCCOCCNC(=O)CCN1C(=O)C=CC1=O. The molecule has 22 heteroatoms. The van der Waals surface area contributed by atoms with Crippen molar-refractivity contribution in [1.29, 1.82) is 0 Å². The maximum absolute atomic E-state index is 12.1. The van der Waals surface area contributed by atoms with E-state index in [2.05, 4.69) is 21.3 Å². The van der Waals surface area contributed by atoms with Crippen molar-refractivity contribution in [2.45, 2.75) is 49.4 Å². The highest BCUT2D eigenvalue weighted by molar-refractivity contribution is 8.00. The predicted octanol–water partition coefficient (Wildman–Crippen LogP) is -0.558. The van der Waals surface area contributed by atoms with E-state index in [0.717, 1.165) is 29.9 Å². The smallest absolute Gasteiger partial charge is 0.315 e. The largest absolute Gasteiger partial charge is 0.377 e. The molecule has 0 saturated carbocycles. The van der Waals surface area contributed by atoms with Gasteiger partial charge >= 0.3 is 6.03 Å². The summed E-state index contributed by atoms with van der Waals surface area (Å²) in [6.07, 6.45) is 5.73. The zero-order chi connectivity index (χ0) is 44.8. The van der Waals surface area contributed by atoms with Gasteiger partial charge in [0.15, 0.2) is 0 Å². The Kier molecular flexibility index (Phi) is 32.1. The molecule has 0 aromatic heterocycles. The molecular formula is C41H71N5O16S. The number of thioether (sulfide) groups is 1. The summed E-state index contributed by atoms with van der Waals surface area (Å²) in [5.41, 5.74) is 0. The number of hydrogen-bond donors (Lipinski definition) is 4. The van der Waals surface area contributed by atoms with Crippen LogP contribution in [0.4, 0.5) is 4.79 Å². The number of ether oxygens (including phenoxy) is 11. The van der Waals surface area contributed by atoms with E-state index in [1.54, 1.807) is 0 Å². The van der Waals surface area contributed by atoms with Crippen LogP contribution < -0.4 is 21.3 Å². The zero-order valence-corrected chi connectivity index (χ0v) is 37.5. The van der Waals surface area contributed by atoms with Crippen LogP contribution in [-0.4, -0.2) is 223 Å². The lowest BCUT2D eigenvalue weighted by molar-refractivity contribution is -0.137. The van der Waals surface area contributed by atoms with E-state index in [9.17, 15) is 24.0 Å². The van der Waals surface area contributed by atoms with Gasteiger partial charge in [-0.05, 0) is 12.8 Å². The van der Waals surface area contributed by atoms with Gasteiger partial charge in [-0.1, -0.05) is 6.42 Å². The number of nitrogens with zero attached hydrogens (tertiary/aromatic N) is 1. The third-order valence-electron chi connectivity index (χ3n) is 9.40. The van der Waals surface area contributed by atoms with Gasteiger partial charge in [0, 0.05) is 55.6 Å². The van der Waals surface area contributed by atoms with Crippen LogP contribution in [0.25, 0.3) is 0 Å². The summed E-state index contributed by atoms with van der Waals surface area (Å²) in [5, 5.41) is 11.9. The average molecular weight is 922 g/mol. The Balaban J connectivity index is 0.885. The van der Waals surface area contributed by atoms with Crippen LogP contribution in [0.15, 0.2) is 12.2 Å². The summed E-state index contributed by atoms with van der Waals surface area (Å²) < 4.78 is 60.3. The van der Waals surface area contributed by atoms with Gasteiger partial charge in [0.05, 0.1) is 157 Å². The van der Waals surface area contributed by atoms with E-state index in [1.807, 2.05) is 11.8 Å². The molecule has 0 spiro atoms. The van der Waals surface area contributed by atoms with Crippen molar-refractivity contribution in [3.8, 4) is 0 Å². The fourth-order valence-corrected chi connectivity index (χ4v) is 7.69. The van der Waals surface area contributed by atoms with E-state index in [4.69, 9.17) is 52.1 Å². The monoisotopic (exact) mass is 921 g/mol. The quantitative estimate of drug-likeness (QED) is 0.0341. The zero-order valence-electron chi connectivity index (χ0n) is 36.7. The second-order valence-corrected chi connectivity index (χ2v) is 15.5. The Hall–Kier alpha value is -3.00. The second-order valence-electron chi connectivity index (χ2n) is 14.2. The number of amides is 6. The number of imide groups is 1. The number of urea groups is 1. The van der Waals surface area contributed by atoms with E-state index in [-0.39, 0.29) is 42.9 Å². The van der Waals surface area contributed by atoms with Gasteiger partial charge in [0.2, 0.25) is 11.8 Å². The third kappa shape index (κ3) is 27.8. The second kappa shape index (κ2) is 37.2. The van der Waals surface area contributed by atoms with Crippen molar-refractivity contribution in [2.24, 2.45) is 0 Å². The fourth-order valence-electron chi connectivity index (χ4n) is 6.14. The Bertz CT molecular complexity index is 1270. The van der Waals surface area contributed by atoms with E-state index >= 15 is 0 Å². The molecule has 3 aliphatic rings. The van der Waals surface area contributed by atoms with E-state index < -0.39 is 11.8 Å². The summed E-state index contributed by atoms with van der Waals surface area (Å²) in [6, 6.07) is 0.386. The minimum atomic E-state index is -0.401. The Morgan fingerprint density at radius 1 is 0.524 bits per heavy atom. The van der Waals surface area contributed by atoms with Crippen LogP contribution in [0.2, 0.25) is 0 Å². The molecule has 0 aliphatic carbocycles. The first kappa shape index (κ1) is 54.3. The molecule has 63 heavy (non-hydrogen) atoms. The first-order valence-electron chi connectivity index (χ1n) is 22.0. The highest BCUT2D eigenvalue weighted by atomic mass is 32.2. The maximum Gasteiger partial charge on any atom is 0.315 e. The standard InChI is InChI=1S/C41H71N5O16S/c47-36(4-2-1-3-35-40-34(33-63-35)44-41(51)45-40)42-8-11-52-13-15-54-17-19-56-21-23-58-25-27-60-29-31-62-32-30-61-28-26-59-24-22-57-20-18-55-16-14-53-12-9-43-37(48)7-10-46-38(49)5-6-39(46)50/h5-6,34-35,40H,1-4,7-33H2,(H,42,47)(H,43,48)(H2,44,45,51)/t34-,35+,40+/m1/s1. The molecule has 0 aromatic carbocycles. The molecule has 0 bridgehead atoms. The molecular weight excluding hydrogens is 851 g/mol. The number of hydrogen-bond acceptors (Lipinski definition) is 17. The Morgan fingerprint density at radius 2 is 0.889 bits per heavy atom. The fraction of sp³-hybridized carbons (Fsp3) is 0.829. The highest BCUT2D eigenvalue weighted by Crippen LogP contribution is 2.33. The van der Waals surface area contributed by atoms with Gasteiger partial charge in [-0.15, -0.1) is 0 Å². The minimum absolute atomic E-state index is 0.0351. The molecule has 0 aromatic rings. The molecule has 3 heterocycles. The molecule has 0 unspecified atom stereocenters. The highest BCUT2D eigenvalue weighted by Gasteiger charge is 2.42. The van der Waals surface area contributed by atoms with Gasteiger partial charge < -0.3 is 73.4 Å². The van der Waals surface area contributed by atoms with Crippen LogP contribution >= 0.6 is 11.8 Å². The normalized spacial score (nSPS) is 18.0. The average Bonchev–Trinajstić information content (AvgIpc) is 3.94. The van der Waals surface area contributed by atoms with Crippen LogP contribution in [0.1, 0.15) is 32.1 Å². The number of fused-ring (bicyclic) bond motifs is 1. The van der Waals surface area contributed by atoms with E-state index in [0.29, 0.717) is 170 Å². The number of carbonyl (C=O) groups excluding carboxylic acids is 5. The van der Waals surface area contributed by atoms with Crippen molar-refractivity contribution in [3.05, 3.63) is 12.2 Å². The van der Waals surface area contributed by atoms with Crippen LogP contribution in [-0.2, 0) is 71.3 Å². The molecule has 3 atom stereocenters. The first-order valence-corrected chi connectivity index (χ1v) is 23.1. The van der Waals surface area contributed by atoms with Gasteiger partial charge in [0.25, 0.3) is 11.8 Å². The molecule has 3 aliphatic heterocycles. The molecule has 4 N–H and O–H groups in total. The number of nitrogens with one attached hydrogen (secondary N) is 4. The van der Waals surface area contributed by atoms with Gasteiger partial charge in [-0.25, -0.2) is 4.79 Å². The van der Waals surface area contributed by atoms with Gasteiger partial charge in [-0.2, -0.15) is 11.8 Å². The third-order valence-corrected chi connectivity index (χ3v) is 10.9. The molecule has 21 nitrogen and oxygen atoms in total. The van der Waals surface area contributed by atoms with Crippen LogP contribution in [0, 0.1) is 0 Å². The first-order chi connectivity index (χ1) is 30.9. The molecule has 0 radical (unpaired) electrons. The lowest BCUT2D eigenvalue weighted by Gasteiger charge is -2.16. The number of rotatable bonds is 44. The number of carbonyl (C=O) groups is 5. The van der Waals surface area contributed by atoms with Crippen LogP contribution in [0.3, 0.4) is 0 Å². The molecule has 362 valence electrons. The maximum atomic E-state index is 12.1. The summed E-state index contributed by atoms with van der Waals surface area (Å²) in [5.74, 6) is -0.0718. The van der Waals surface area contributed by atoms with Crippen molar-refractivity contribution in [2.75, 3.05) is 171 Å². The molecule has 3 rings (SSSR count). The lowest BCUT2D eigenvalue weighted by Crippen LogP contribution is -2.36. The predicted molar refractivity (Wildman–Crippen MR) is 229 cm³/mol. The van der Waals surface area contributed by atoms with Crippen molar-refractivity contribution in [1.82, 2.24) is 26.2 Å². The Labute approximate surface area is 375 Å². The van der Waals surface area contributed by atoms with Gasteiger partial charge in [0.1, 0.15) is 0 Å². The van der Waals surface area contributed by atoms with Crippen LogP contribution in [0.5, 0.6) is 0 Å². The molecule has 2 saturated heterocycles. The summed E-state index contributed by atoms with van der Waals surface area (Å²) in [6.45, 7) is 10.7. The van der Waals surface area contributed by atoms with Crippen molar-refractivity contribution >= 4 is 41.4 Å².